The van der Waals surface area contributed by atoms with Crippen molar-refractivity contribution in [2.75, 3.05) is 20.8 Å². The molecule has 1 heterocycles. The lowest BCUT2D eigenvalue weighted by molar-refractivity contribution is -0.134. The molecule has 2 amide bonds. The van der Waals surface area contributed by atoms with Crippen LogP contribution in [0.4, 0.5) is 0 Å². The average molecular weight is 369 g/mol. The van der Waals surface area contributed by atoms with Crippen LogP contribution < -0.4 is 9.47 Å². The summed E-state index contributed by atoms with van der Waals surface area (Å²) in [6.07, 6.45) is 0. The van der Waals surface area contributed by atoms with Crippen LogP contribution in [0.1, 0.15) is 31.1 Å². The van der Waals surface area contributed by atoms with E-state index in [-0.39, 0.29) is 28.2 Å². The van der Waals surface area contributed by atoms with Gasteiger partial charge >= 0.3 is 11.9 Å². The summed E-state index contributed by atoms with van der Waals surface area (Å²) >= 11 is 0. The molecule has 0 aliphatic carbocycles. The molecule has 0 unspecified atom stereocenters. The van der Waals surface area contributed by atoms with Crippen LogP contribution in [0, 0.1) is 0 Å². The first-order chi connectivity index (χ1) is 13.0. The molecule has 0 N–H and O–H groups in total. The smallest absolute Gasteiger partial charge is 0.337 e. The summed E-state index contributed by atoms with van der Waals surface area (Å²) < 4.78 is 14.9. The minimum atomic E-state index is -0.825. The Bertz CT molecular complexity index is 916. The number of carbonyl (C=O) groups excluding carboxylic acids is 4. The van der Waals surface area contributed by atoms with Gasteiger partial charge in [-0.3, -0.25) is 14.5 Å². The van der Waals surface area contributed by atoms with E-state index >= 15 is 0 Å². The van der Waals surface area contributed by atoms with E-state index in [4.69, 9.17) is 9.47 Å². The summed E-state index contributed by atoms with van der Waals surface area (Å²) in [4.78, 5) is 49.2. The molecule has 1 aliphatic rings. The van der Waals surface area contributed by atoms with Crippen LogP contribution >= 0.6 is 0 Å². The number of benzene rings is 2. The van der Waals surface area contributed by atoms with E-state index in [0.717, 1.165) is 4.90 Å². The first-order valence-electron chi connectivity index (χ1n) is 7.88. The number of hydrogen-bond donors (Lipinski definition) is 0. The Hall–Kier alpha value is -3.68. The maximum absolute atomic E-state index is 12.3. The van der Waals surface area contributed by atoms with Crippen LogP contribution in [-0.4, -0.2) is 49.4 Å². The molecule has 0 saturated heterocycles. The van der Waals surface area contributed by atoms with Crippen LogP contribution in [0.3, 0.4) is 0 Å². The second-order valence-corrected chi connectivity index (χ2v) is 5.57. The summed E-state index contributed by atoms with van der Waals surface area (Å²) in [7, 11) is 2.59. The molecule has 1 aliphatic heterocycles. The van der Waals surface area contributed by atoms with Crippen LogP contribution in [0.2, 0.25) is 0 Å². The second kappa shape index (κ2) is 7.28. The van der Waals surface area contributed by atoms with Crippen LogP contribution in [0.15, 0.2) is 42.5 Å². The monoisotopic (exact) mass is 369 g/mol. The molecule has 2 aromatic rings. The Morgan fingerprint density at radius 2 is 1.56 bits per heavy atom. The third-order valence-electron chi connectivity index (χ3n) is 3.97. The third kappa shape index (κ3) is 3.37. The fourth-order valence-corrected chi connectivity index (χ4v) is 2.66. The lowest BCUT2D eigenvalue weighted by Crippen LogP contribution is -2.36. The Balaban J connectivity index is 1.74. The number of ether oxygens (including phenoxy) is 3. The molecule has 0 spiro atoms. The number of nitrogens with zero attached hydrogens (tertiary/aromatic N) is 1. The van der Waals surface area contributed by atoms with Gasteiger partial charge in [0.05, 0.1) is 30.9 Å². The molecule has 0 saturated carbocycles. The van der Waals surface area contributed by atoms with E-state index < -0.39 is 30.3 Å². The van der Waals surface area contributed by atoms with Crippen molar-refractivity contribution in [3.8, 4) is 11.5 Å². The molecule has 3 rings (SSSR count). The quantitative estimate of drug-likeness (QED) is 0.449. The molecule has 27 heavy (non-hydrogen) atoms. The van der Waals surface area contributed by atoms with E-state index in [0.29, 0.717) is 0 Å². The highest BCUT2D eigenvalue weighted by atomic mass is 16.6. The van der Waals surface area contributed by atoms with Crippen molar-refractivity contribution >= 4 is 23.8 Å². The maximum atomic E-state index is 12.3. The SMILES string of the molecule is COC(=O)c1ccc(OC(=O)CN2C(=O)c3ccccc3C2=O)c(OC)c1. The number of carbonyl (C=O) groups is 4. The molecule has 0 fully saturated rings. The molecule has 0 atom stereocenters. The topological polar surface area (TPSA) is 99.2 Å². The normalized spacial score (nSPS) is 12.6. The van der Waals surface area contributed by atoms with Gasteiger partial charge in [0.25, 0.3) is 11.8 Å². The van der Waals surface area contributed by atoms with Crippen molar-refractivity contribution in [1.29, 1.82) is 0 Å². The lowest BCUT2D eigenvalue weighted by Gasteiger charge is -2.14. The van der Waals surface area contributed by atoms with Crippen LogP contribution in [0.5, 0.6) is 11.5 Å². The Morgan fingerprint density at radius 1 is 0.926 bits per heavy atom. The number of amides is 2. The number of hydrogen-bond acceptors (Lipinski definition) is 7. The van der Waals surface area contributed by atoms with Crippen molar-refractivity contribution in [2.45, 2.75) is 0 Å². The summed E-state index contributed by atoms with van der Waals surface area (Å²) in [6.45, 7) is -0.547. The predicted octanol–water partition coefficient (Wildman–Crippen LogP) is 1.68. The minimum Gasteiger partial charge on any atom is -0.493 e. The van der Waals surface area contributed by atoms with E-state index in [1.165, 1.54) is 44.6 Å². The highest BCUT2D eigenvalue weighted by Crippen LogP contribution is 2.29. The zero-order chi connectivity index (χ0) is 19.6. The first-order valence-corrected chi connectivity index (χ1v) is 7.88. The molecular formula is C19H15NO7. The maximum Gasteiger partial charge on any atom is 0.337 e. The molecule has 8 nitrogen and oxygen atoms in total. The van der Waals surface area contributed by atoms with Gasteiger partial charge in [0, 0.05) is 0 Å². The van der Waals surface area contributed by atoms with Crippen molar-refractivity contribution in [1.82, 2.24) is 4.90 Å². The highest BCUT2D eigenvalue weighted by Gasteiger charge is 2.36. The minimum absolute atomic E-state index is 0.0479. The number of rotatable bonds is 5. The molecule has 8 heteroatoms. The van der Waals surface area contributed by atoms with Gasteiger partial charge in [-0.1, -0.05) is 12.1 Å². The van der Waals surface area contributed by atoms with Crippen molar-refractivity contribution in [3.05, 3.63) is 59.2 Å². The van der Waals surface area contributed by atoms with Gasteiger partial charge in [0.1, 0.15) is 6.54 Å². The second-order valence-electron chi connectivity index (χ2n) is 5.57. The van der Waals surface area contributed by atoms with Gasteiger partial charge in [-0.25, -0.2) is 9.59 Å². The number of imide groups is 1. The predicted molar refractivity (Wildman–Crippen MR) is 91.8 cm³/mol. The summed E-state index contributed by atoms with van der Waals surface area (Å²) in [5, 5.41) is 0. The van der Waals surface area contributed by atoms with Gasteiger partial charge in [-0.05, 0) is 30.3 Å². The number of fused-ring (bicyclic) bond motifs is 1. The average Bonchev–Trinajstić information content (AvgIpc) is 2.92. The third-order valence-corrected chi connectivity index (χ3v) is 3.97. The zero-order valence-corrected chi connectivity index (χ0v) is 14.6. The molecule has 2 aromatic carbocycles. The zero-order valence-electron chi connectivity index (χ0n) is 14.6. The molecular weight excluding hydrogens is 354 g/mol. The van der Waals surface area contributed by atoms with Gasteiger partial charge < -0.3 is 14.2 Å². The molecule has 138 valence electrons. The summed E-state index contributed by atoms with van der Waals surface area (Å²) in [6, 6.07) is 10.4. The highest BCUT2D eigenvalue weighted by molar-refractivity contribution is 6.22. The first kappa shape index (κ1) is 18.1. The van der Waals surface area contributed by atoms with E-state index in [1.807, 2.05) is 0 Å². The molecule has 0 aromatic heterocycles. The van der Waals surface area contributed by atoms with Gasteiger partial charge in [-0.15, -0.1) is 0 Å². The van der Waals surface area contributed by atoms with E-state index in [9.17, 15) is 19.2 Å². The fourth-order valence-electron chi connectivity index (χ4n) is 2.66. The fraction of sp³-hybridized carbons (Fsp3) is 0.158. The van der Waals surface area contributed by atoms with Crippen LogP contribution in [-0.2, 0) is 9.53 Å². The number of esters is 2. The van der Waals surface area contributed by atoms with Crippen molar-refractivity contribution < 1.29 is 33.4 Å². The lowest BCUT2D eigenvalue weighted by atomic mass is 10.1. The standard InChI is InChI=1S/C19H15NO7/c1-25-15-9-11(19(24)26-2)7-8-14(15)27-16(21)10-20-17(22)12-5-3-4-6-13(12)18(20)23/h3-9H,10H2,1-2H3. The van der Waals surface area contributed by atoms with Gasteiger partial charge in [0.2, 0.25) is 0 Å². The van der Waals surface area contributed by atoms with Gasteiger partial charge in [0.15, 0.2) is 11.5 Å². The van der Waals surface area contributed by atoms with E-state index in [1.54, 1.807) is 12.1 Å². The Morgan fingerprint density at radius 3 is 2.11 bits per heavy atom. The van der Waals surface area contributed by atoms with Gasteiger partial charge in [-0.2, -0.15) is 0 Å². The van der Waals surface area contributed by atoms with Crippen molar-refractivity contribution in [2.24, 2.45) is 0 Å². The van der Waals surface area contributed by atoms with Crippen molar-refractivity contribution in [3.63, 3.8) is 0 Å². The largest absolute Gasteiger partial charge is 0.493 e. The van der Waals surface area contributed by atoms with E-state index in [2.05, 4.69) is 4.74 Å². The molecule has 0 radical (unpaired) electrons. The Labute approximate surface area is 154 Å². The Kier molecular flexibility index (Phi) is 4.89. The van der Waals surface area contributed by atoms with Crippen LogP contribution in [0.25, 0.3) is 0 Å². The number of methoxy groups -OCH3 is 2. The summed E-state index contributed by atoms with van der Waals surface area (Å²) in [5.41, 5.74) is 0.708. The molecule has 0 bridgehead atoms. The summed E-state index contributed by atoms with van der Waals surface area (Å²) in [5.74, 6) is -2.33.